The van der Waals surface area contributed by atoms with Crippen LogP contribution in [0.25, 0.3) is 0 Å². The van der Waals surface area contributed by atoms with Gasteiger partial charge in [-0.15, -0.1) is 0 Å². The van der Waals surface area contributed by atoms with Crippen molar-refractivity contribution in [2.45, 2.75) is 44.7 Å². The van der Waals surface area contributed by atoms with Crippen LogP contribution >= 0.6 is 0 Å². The first-order chi connectivity index (χ1) is 11.3. The highest BCUT2D eigenvalue weighted by Crippen LogP contribution is 2.34. The van der Waals surface area contributed by atoms with Crippen molar-refractivity contribution in [3.63, 3.8) is 0 Å². The van der Waals surface area contributed by atoms with E-state index in [1.54, 1.807) is 0 Å². The zero-order chi connectivity index (χ0) is 17.5. The average molecular weight is 333 g/mol. The Kier molecular flexibility index (Phi) is 4.48. The molecule has 1 aliphatic carbocycles. The van der Waals surface area contributed by atoms with E-state index in [0.29, 0.717) is 6.04 Å². The highest BCUT2D eigenvalue weighted by atomic mass is 16.3. The summed E-state index contributed by atoms with van der Waals surface area (Å²) in [6.07, 6.45) is 2.71. The lowest BCUT2D eigenvalue weighted by Gasteiger charge is -2.23. The maximum absolute atomic E-state index is 12.5. The summed E-state index contributed by atoms with van der Waals surface area (Å²) in [6, 6.07) is 0.501. The standard InChI is InChI=1S/C17H27N5O2/c1-11-12(2)18-14(16(24)20-17(10-23)6-7-17)19-15(11)22-8-5-13(9-22)21(3)4/h13,23H,5-10H2,1-4H3,(H,20,24)/t13-/m1/s1. The van der Waals surface area contributed by atoms with Crippen LogP contribution in [0, 0.1) is 13.8 Å². The molecule has 2 fully saturated rings. The van der Waals surface area contributed by atoms with Crippen LogP contribution in [0.5, 0.6) is 0 Å². The van der Waals surface area contributed by atoms with Crippen LogP contribution in [0.1, 0.15) is 41.1 Å². The molecule has 0 unspecified atom stereocenters. The van der Waals surface area contributed by atoms with E-state index >= 15 is 0 Å². The molecule has 0 bridgehead atoms. The normalized spacial score (nSPS) is 22.1. The SMILES string of the molecule is Cc1nc(C(=O)NC2(CO)CC2)nc(N2CC[C@@H](N(C)C)C2)c1C. The van der Waals surface area contributed by atoms with Crippen molar-refractivity contribution in [1.29, 1.82) is 0 Å². The first kappa shape index (κ1) is 17.1. The van der Waals surface area contributed by atoms with Gasteiger partial charge in [0.25, 0.3) is 5.91 Å². The number of rotatable bonds is 5. The molecule has 24 heavy (non-hydrogen) atoms. The van der Waals surface area contributed by atoms with Crippen molar-refractivity contribution in [2.24, 2.45) is 0 Å². The topological polar surface area (TPSA) is 81.6 Å². The van der Waals surface area contributed by atoms with Crippen LogP contribution in [-0.2, 0) is 0 Å². The molecule has 1 saturated heterocycles. The maximum atomic E-state index is 12.5. The minimum Gasteiger partial charge on any atom is -0.394 e. The Bertz CT molecular complexity index is 642. The van der Waals surface area contributed by atoms with Gasteiger partial charge in [-0.2, -0.15) is 0 Å². The van der Waals surface area contributed by atoms with Gasteiger partial charge in [0, 0.05) is 30.4 Å². The molecule has 0 aromatic carbocycles. The predicted molar refractivity (Wildman–Crippen MR) is 92.3 cm³/mol. The summed E-state index contributed by atoms with van der Waals surface area (Å²) < 4.78 is 0. The van der Waals surface area contributed by atoms with Gasteiger partial charge in [-0.3, -0.25) is 4.79 Å². The Hall–Kier alpha value is -1.73. The highest BCUT2D eigenvalue weighted by molar-refractivity contribution is 5.91. The summed E-state index contributed by atoms with van der Waals surface area (Å²) in [5, 5.41) is 12.3. The molecule has 2 N–H and O–H groups in total. The van der Waals surface area contributed by atoms with Gasteiger partial charge in [0.15, 0.2) is 0 Å². The molecule has 7 heteroatoms. The first-order valence-corrected chi connectivity index (χ1v) is 8.55. The van der Waals surface area contributed by atoms with Crippen LogP contribution in [0.4, 0.5) is 5.82 Å². The van der Waals surface area contributed by atoms with Gasteiger partial charge in [-0.1, -0.05) is 0 Å². The third-order valence-corrected chi connectivity index (χ3v) is 5.29. The third-order valence-electron chi connectivity index (χ3n) is 5.29. The van der Waals surface area contributed by atoms with E-state index in [1.807, 2.05) is 13.8 Å². The van der Waals surface area contributed by atoms with Crippen molar-refractivity contribution in [3.8, 4) is 0 Å². The molecule has 1 aromatic heterocycles. The summed E-state index contributed by atoms with van der Waals surface area (Å²) in [6.45, 7) is 5.72. The fourth-order valence-electron chi connectivity index (χ4n) is 3.15. The molecular weight excluding hydrogens is 306 g/mol. The van der Waals surface area contributed by atoms with Gasteiger partial charge in [-0.25, -0.2) is 9.97 Å². The molecule has 0 radical (unpaired) electrons. The summed E-state index contributed by atoms with van der Waals surface area (Å²) in [5.74, 6) is 0.751. The van der Waals surface area contributed by atoms with Crippen LogP contribution in [0.2, 0.25) is 0 Å². The van der Waals surface area contributed by atoms with Gasteiger partial charge in [0.1, 0.15) is 5.82 Å². The molecule has 3 rings (SSSR count). The number of aliphatic hydroxyl groups excluding tert-OH is 1. The van der Waals surface area contributed by atoms with E-state index < -0.39 is 5.54 Å². The van der Waals surface area contributed by atoms with E-state index in [-0.39, 0.29) is 18.3 Å². The molecule has 1 aromatic rings. The average Bonchev–Trinajstić information content (AvgIpc) is 3.14. The first-order valence-electron chi connectivity index (χ1n) is 8.55. The van der Waals surface area contributed by atoms with E-state index in [1.165, 1.54) is 0 Å². The lowest BCUT2D eigenvalue weighted by molar-refractivity contribution is 0.0896. The summed E-state index contributed by atoms with van der Waals surface area (Å²) in [5.41, 5.74) is 1.39. The number of aliphatic hydroxyl groups is 1. The van der Waals surface area contributed by atoms with E-state index in [9.17, 15) is 9.90 Å². The molecule has 132 valence electrons. The molecule has 1 aliphatic heterocycles. The Morgan fingerprint density at radius 3 is 2.62 bits per heavy atom. The van der Waals surface area contributed by atoms with Gasteiger partial charge in [0.2, 0.25) is 5.82 Å². The summed E-state index contributed by atoms with van der Waals surface area (Å²) in [4.78, 5) is 25.9. The maximum Gasteiger partial charge on any atom is 0.289 e. The monoisotopic (exact) mass is 333 g/mol. The number of aryl methyl sites for hydroxylation is 1. The van der Waals surface area contributed by atoms with Crippen LogP contribution in [0.3, 0.4) is 0 Å². The second-order valence-electron chi connectivity index (χ2n) is 7.33. The van der Waals surface area contributed by atoms with Gasteiger partial charge in [0.05, 0.1) is 12.1 Å². The van der Waals surface area contributed by atoms with Crippen molar-refractivity contribution in [1.82, 2.24) is 20.2 Å². The predicted octanol–water partition coefficient (Wildman–Crippen LogP) is 0.488. The molecule has 2 heterocycles. The number of carbonyl (C=O) groups is 1. The van der Waals surface area contributed by atoms with Crippen LogP contribution in [0.15, 0.2) is 0 Å². The zero-order valence-corrected chi connectivity index (χ0v) is 15.0. The number of hydrogen-bond donors (Lipinski definition) is 2. The Labute approximate surface area is 143 Å². The smallest absolute Gasteiger partial charge is 0.289 e. The number of likely N-dealkylation sites (N-methyl/N-ethyl adjacent to an activating group) is 1. The van der Waals surface area contributed by atoms with Crippen LogP contribution < -0.4 is 10.2 Å². The Balaban J connectivity index is 1.83. The van der Waals surface area contributed by atoms with Crippen LogP contribution in [-0.4, -0.2) is 71.3 Å². The van der Waals surface area contributed by atoms with Crippen molar-refractivity contribution < 1.29 is 9.90 Å². The molecule has 1 amide bonds. The highest BCUT2D eigenvalue weighted by Gasteiger charge is 2.44. The Morgan fingerprint density at radius 2 is 2.08 bits per heavy atom. The molecule has 7 nitrogen and oxygen atoms in total. The molecule has 1 atom stereocenters. The number of aromatic nitrogens is 2. The number of anilines is 1. The number of carbonyl (C=O) groups excluding carboxylic acids is 1. The lowest BCUT2D eigenvalue weighted by Crippen LogP contribution is -2.40. The summed E-state index contributed by atoms with van der Waals surface area (Å²) in [7, 11) is 4.18. The fourth-order valence-corrected chi connectivity index (χ4v) is 3.15. The quantitative estimate of drug-likeness (QED) is 0.816. The summed E-state index contributed by atoms with van der Waals surface area (Å²) >= 11 is 0. The zero-order valence-electron chi connectivity index (χ0n) is 15.0. The number of amides is 1. The number of nitrogens with one attached hydrogen (secondary N) is 1. The van der Waals surface area contributed by atoms with E-state index in [2.05, 4.69) is 39.2 Å². The minimum absolute atomic E-state index is 0.0346. The van der Waals surface area contributed by atoms with Crippen molar-refractivity contribution in [3.05, 3.63) is 17.1 Å². The molecule has 1 saturated carbocycles. The molecule has 2 aliphatic rings. The van der Waals surface area contributed by atoms with E-state index in [4.69, 9.17) is 0 Å². The number of hydrogen-bond acceptors (Lipinski definition) is 6. The largest absolute Gasteiger partial charge is 0.394 e. The molecular formula is C17H27N5O2. The van der Waals surface area contributed by atoms with E-state index in [0.717, 1.165) is 49.4 Å². The second kappa shape index (κ2) is 6.29. The third kappa shape index (κ3) is 3.23. The van der Waals surface area contributed by atoms with Gasteiger partial charge >= 0.3 is 0 Å². The minimum atomic E-state index is -0.455. The van der Waals surface area contributed by atoms with Crippen molar-refractivity contribution in [2.75, 3.05) is 38.7 Å². The number of nitrogens with zero attached hydrogens (tertiary/aromatic N) is 4. The van der Waals surface area contributed by atoms with Crippen molar-refractivity contribution >= 4 is 11.7 Å². The second-order valence-corrected chi connectivity index (χ2v) is 7.33. The molecule has 0 spiro atoms. The Morgan fingerprint density at radius 1 is 1.38 bits per heavy atom. The van der Waals surface area contributed by atoms with Gasteiger partial charge < -0.3 is 20.2 Å². The lowest BCUT2D eigenvalue weighted by atomic mass is 10.2. The fraction of sp³-hybridized carbons (Fsp3) is 0.706. The van der Waals surface area contributed by atoms with Gasteiger partial charge in [-0.05, 0) is 47.2 Å².